The Bertz CT molecular complexity index is 1180. The van der Waals surface area contributed by atoms with Crippen LogP contribution in [0.1, 0.15) is 12.0 Å². The van der Waals surface area contributed by atoms with E-state index in [-0.39, 0.29) is 18.2 Å². The second-order valence-electron chi connectivity index (χ2n) is 7.28. The topological polar surface area (TPSA) is 61.8 Å². The van der Waals surface area contributed by atoms with Gasteiger partial charge in [0.05, 0.1) is 12.2 Å². The number of amides is 2. The van der Waals surface area contributed by atoms with Gasteiger partial charge in [-0.2, -0.15) is 0 Å². The number of nitrogens with zero attached hydrogens (tertiary/aromatic N) is 2. The first kappa shape index (κ1) is 23.6. The Labute approximate surface area is 210 Å². The molecule has 0 saturated carbocycles. The monoisotopic (exact) mass is 517 g/mol. The fourth-order valence-electron chi connectivity index (χ4n) is 3.15. The smallest absolute Gasteiger partial charge is 0.238 e. The van der Waals surface area contributed by atoms with E-state index in [0.717, 1.165) is 5.56 Å². The zero-order chi connectivity index (χ0) is 23.4. The van der Waals surface area contributed by atoms with Crippen LogP contribution in [0.25, 0.3) is 0 Å². The Morgan fingerprint density at radius 2 is 1.45 bits per heavy atom. The van der Waals surface area contributed by atoms with Crippen molar-refractivity contribution in [3.05, 3.63) is 93.4 Å². The SMILES string of the molecule is O=C(Nc1ccc(Cl)cc1)C1CC(=O)N(Cc2ccc(Cl)cc2)C(=Nc2ccc(Cl)cc2)S1. The molecule has 1 unspecified atom stereocenters. The van der Waals surface area contributed by atoms with Crippen LogP contribution in [0, 0.1) is 0 Å². The molecule has 3 aromatic rings. The number of aliphatic imine (C=N–C) groups is 1. The summed E-state index contributed by atoms with van der Waals surface area (Å²) in [5.74, 6) is -0.460. The van der Waals surface area contributed by atoms with Crippen molar-refractivity contribution < 1.29 is 9.59 Å². The molecule has 1 aliphatic rings. The molecule has 0 aliphatic carbocycles. The van der Waals surface area contributed by atoms with Crippen LogP contribution in [0.3, 0.4) is 0 Å². The molecule has 0 aromatic heterocycles. The van der Waals surface area contributed by atoms with E-state index in [2.05, 4.69) is 10.3 Å². The minimum absolute atomic E-state index is 0.0529. The van der Waals surface area contributed by atoms with Gasteiger partial charge in [0.1, 0.15) is 5.25 Å². The standard InChI is InChI=1S/C24H18Cl3N3O2S/c25-16-3-1-15(2-4-16)14-30-22(31)13-21(23(32)28-19-9-5-17(26)6-10-19)33-24(30)29-20-11-7-18(27)8-12-20/h1-12,21H,13-14H2,(H,28,32). The number of carbonyl (C=O) groups is 2. The molecule has 1 N–H and O–H groups in total. The summed E-state index contributed by atoms with van der Waals surface area (Å²) >= 11 is 19.1. The minimum atomic E-state index is -0.624. The summed E-state index contributed by atoms with van der Waals surface area (Å²) in [7, 11) is 0. The molecule has 0 bridgehead atoms. The Morgan fingerprint density at radius 3 is 2.06 bits per heavy atom. The molecule has 168 valence electrons. The predicted octanol–water partition coefficient (Wildman–Crippen LogP) is 6.81. The van der Waals surface area contributed by atoms with Gasteiger partial charge in [0.15, 0.2) is 5.17 Å². The molecule has 3 aromatic carbocycles. The Kier molecular flexibility index (Phi) is 7.60. The van der Waals surface area contributed by atoms with Gasteiger partial charge in [0.2, 0.25) is 11.8 Å². The molecule has 1 atom stereocenters. The van der Waals surface area contributed by atoms with Crippen molar-refractivity contribution in [3.8, 4) is 0 Å². The average Bonchev–Trinajstić information content (AvgIpc) is 2.80. The third-order valence-electron chi connectivity index (χ3n) is 4.85. The number of carbonyl (C=O) groups excluding carboxylic acids is 2. The lowest BCUT2D eigenvalue weighted by Crippen LogP contribution is -2.44. The first-order valence-electron chi connectivity index (χ1n) is 9.99. The van der Waals surface area contributed by atoms with Gasteiger partial charge in [-0.3, -0.25) is 14.5 Å². The largest absolute Gasteiger partial charge is 0.325 e. The third-order valence-corrected chi connectivity index (χ3v) is 6.79. The molecule has 4 rings (SSSR count). The molecule has 1 heterocycles. The fraction of sp³-hybridized carbons (Fsp3) is 0.125. The highest BCUT2D eigenvalue weighted by Crippen LogP contribution is 2.31. The number of rotatable bonds is 5. The van der Waals surface area contributed by atoms with E-state index in [1.807, 2.05) is 12.1 Å². The maximum Gasteiger partial charge on any atom is 0.238 e. The highest BCUT2D eigenvalue weighted by Gasteiger charge is 2.36. The van der Waals surface area contributed by atoms with Crippen LogP contribution in [-0.2, 0) is 16.1 Å². The Balaban J connectivity index is 1.59. The molecule has 1 saturated heterocycles. The van der Waals surface area contributed by atoms with Crippen molar-refractivity contribution in [1.29, 1.82) is 0 Å². The number of hydrogen-bond donors (Lipinski definition) is 1. The van der Waals surface area contributed by atoms with Gasteiger partial charge < -0.3 is 5.32 Å². The number of anilines is 1. The van der Waals surface area contributed by atoms with E-state index in [0.29, 0.717) is 38.2 Å². The number of halogens is 3. The third kappa shape index (κ3) is 6.30. The summed E-state index contributed by atoms with van der Waals surface area (Å²) in [4.78, 5) is 32.3. The zero-order valence-corrected chi connectivity index (χ0v) is 20.3. The van der Waals surface area contributed by atoms with Gasteiger partial charge in [-0.25, -0.2) is 4.99 Å². The molecule has 33 heavy (non-hydrogen) atoms. The summed E-state index contributed by atoms with van der Waals surface area (Å²) in [5.41, 5.74) is 2.15. The lowest BCUT2D eigenvalue weighted by atomic mass is 10.2. The predicted molar refractivity (Wildman–Crippen MR) is 137 cm³/mol. The highest BCUT2D eigenvalue weighted by atomic mass is 35.5. The van der Waals surface area contributed by atoms with Gasteiger partial charge >= 0.3 is 0 Å². The fourth-order valence-corrected chi connectivity index (χ4v) is 4.63. The molecule has 9 heteroatoms. The summed E-state index contributed by atoms with van der Waals surface area (Å²) in [6.07, 6.45) is 0.0529. The molecular weight excluding hydrogens is 501 g/mol. The minimum Gasteiger partial charge on any atom is -0.325 e. The van der Waals surface area contributed by atoms with Crippen molar-refractivity contribution in [3.63, 3.8) is 0 Å². The maximum atomic E-state index is 13.1. The molecule has 1 aliphatic heterocycles. The Hall–Kier alpha value is -2.51. The molecule has 0 radical (unpaired) electrons. The second kappa shape index (κ2) is 10.6. The summed E-state index contributed by atoms with van der Waals surface area (Å²) in [6.45, 7) is 0.320. The van der Waals surface area contributed by atoms with Gasteiger partial charge in [-0.1, -0.05) is 58.7 Å². The van der Waals surface area contributed by atoms with E-state index in [1.54, 1.807) is 65.6 Å². The number of thioether (sulfide) groups is 1. The number of amidine groups is 1. The second-order valence-corrected chi connectivity index (χ2v) is 9.76. The summed E-state index contributed by atoms with van der Waals surface area (Å²) in [6, 6.07) is 21.1. The van der Waals surface area contributed by atoms with Crippen LogP contribution in [0.5, 0.6) is 0 Å². The lowest BCUT2D eigenvalue weighted by molar-refractivity contribution is -0.129. The van der Waals surface area contributed by atoms with Gasteiger partial charge in [-0.15, -0.1) is 0 Å². The van der Waals surface area contributed by atoms with Crippen LogP contribution in [0.15, 0.2) is 77.8 Å². The molecule has 1 fully saturated rings. The Morgan fingerprint density at radius 1 is 0.909 bits per heavy atom. The van der Waals surface area contributed by atoms with Gasteiger partial charge in [-0.05, 0) is 66.2 Å². The first-order valence-corrected chi connectivity index (χ1v) is 12.0. The number of hydrogen-bond acceptors (Lipinski definition) is 4. The lowest BCUT2D eigenvalue weighted by Gasteiger charge is -2.32. The van der Waals surface area contributed by atoms with Gasteiger partial charge in [0.25, 0.3) is 0 Å². The molecule has 0 spiro atoms. The quantitative estimate of drug-likeness (QED) is 0.404. The number of nitrogens with one attached hydrogen (secondary N) is 1. The van der Waals surface area contributed by atoms with Gasteiger partial charge in [0, 0.05) is 27.2 Å². The maximum absolute atomic E-state index is 13.1. The summed E-state index contributed by atoms with van der Waals surface area (Å²) < 4.78 is 0. The van der Waals surface area contributed by atoms with E-state index in [9.17, 15) is 9.59 Å². The van der Waals surface area contributed by atoms with Crippen LogP contribution in [0.4, 0.5) is 11.4 Å². The average molecular weight is 519 g/mol. The molecule has 2 amide bonds. The number of benzene rings is 3. The van der Waals surface area contributed by atoms with Crippen molar-refractivity contribution in [2.24, 2.45) is 4.99 Å². The summed E-state index contributed by atoms with van der Waals surface area (Å²) in [5, 5.41) is 4.45. The van der Waals surface area contributed by atoms with E-state index < -0.39 is 5.25 Å². The van der Waals surface area contributed by atoms with Crippen molar-refractivity contribution >= 4 is 74.9 Å². The normalized spacial score (nSPS) is 17.3. The van der Waals surface area contributed by atoms with E-state index in [4.69, 9.17) is 34.8 Å². The van der Waals surface area contributed by atoms with E-state index in [1.165, 1.54) is 11.8 Å². The first-order chi connectivity index (χ1) is 15.9. The highest BCUT2D eigenvalue weighted by molar-refractivity contribution is 8.15. The van der Waals surface area contributed by atoms with Crippen molar-refractivity contribution in [2.75, 3.05) is 5.32 Å². The molecular formula is C24H18Cl3N3O2S. The van der Waals surface area contributed by atoms with Crippen molar-refractivity contribution in [1.82, 2.24) is 4.90 Å². The molecule has 5 nitrogen and oxygen atoms in total. The van der Waals surface area contributed by atoms with Crippen LogP contribution in [0.2, 0.25) is 15.1 Å². The van der Waals surface area contributed by atoms with Crippen LogP contribution < -0.4 is 5.32 Å². The van der Waals surface area contributed by atoms with Crippen LogP contribution in [-0.4, -0.2) is 27.1 Å². The van der Waals surface area contributed by atoms with E-state index >= 15 is 0 Å². The van der Waals surface area contributed by atoms with Crippen molar-refractivity contribution in [2.45, 2.75) is 18.2 Å². The zero-order valence-electron chi connectivity index (χ0n) is 17.2. The van der Waals surface area contributed by atoms with Crippen LogP contribution >= 0.6 is 46.6 Å².